The molecule has 3 nitrogen and oxygen atoms in total. The molecule has 0 aliphatic carbocycles. The molecular weight excluding hydrogens is 322 g/mol. The number of carbonyl (C=O) groups is 1. The second kappa shape index (κ2) is 8.20. The van der Waals surface area contributed by atoms with Crippen molar-refractivity contribution in [2.75, 3.05) is 5.32 Å². The third-order valence-corrected chi connectivity index (χ3v) is 4.48. The first-order chi connectivity index (χ1) is 11.5. The van der Waals surface area contributed by atoms with Crippen LogP contribution in [-0.4, -0.2) is 12.0 Å². The summed E-state index contributed by atoms with van der Waals surface area (Å²) in [6.07, 6.45) is 1.14. The number of halogens is 1. The molecule has 0 aromatic heterocycles. The van der Waals surface area contributed by atoms with Crippen LogP contribution in [-0.2, 0) is 17.6 Å². The Hall–Kier alpha value is -2.00. The van der Waals surface area contributed by atoms with Crippen LogP contribution in [0.4, 0.5) is 5.69 Å². The van der Waals surface area contributed by atoms with Crippen molar-refractivity contribution in [2.24, 2.45) is 0 Å². The van der Waals surface area contributed by atoms with Crippen molar-refractivity contribution in [2.45, 2.75) is 46.6 Å². The summed E-state index contributed by atoms with van der Waals surface area (Å²) in [7, 11) is 0. The molecule has 0 aliphatic rings. The van der Waals surface area contributed by atoms with E-state index >= 15 is 0 Å². The number of carbonyl (C=O) groups excluding carboxylic acids is 1. The number of benzene rings is 2. The van der Waals surface area contributed by atoms with Gasteiger partial charge < -0.3 is 10.1 Å². The maximum Gasteiger partial charge on any atom is 0.265 e. The number of nitrogens with one attached hydrogen (secondary N) is 1. The van der Waals surface area contributed by atoms with E-state index in [1.54, 1.807) is 19.1 Å². The Morgan fingerprint density at radius 3 is 2.33 bits per heavy atom. The molecule has 1 N–H and O–H groups in total. The fourth-order valence-electron chi connectivity index (χ4n) is 2.58. The summed E-state index contributed by atoms with van der Waals surface area (Å²) in [6, 6.07) is 11.5. The van der Waals surface area contributed by atoms with Crippen molar-refractivity contribution >= 4 is 23.2 Å². The van der Waals surface area contributed by atoms with Crippen LogP contribution in [0.15, 0.2) is 36.4 Å². The zero-order chi connectivity index (χ0) is 17.7. The largest absolute Gasteiger partial charge is 0.481 e. The van der Waals surface area contributed by atoms with E-state index in [0.29, 0.717) is 10.8 Å². The van der Waals surface area contributed by atoms with Gasteiger partial charge in [0, 0.05) is 10.7 Å². The van der Waals surface area contributed by atoms with Crippen LogP contribution in [0, 0.1) is 6.92 Å². The van der Waals surface area contributed by atoms with Gasteiger partial charge in [0.1, 0.15) is 5.75 Å². The van der Waals surface area contributed by atoms with Crippen molar-refractivity contribution in [3.63, 3.8) is 0 Å². The smallest absolute Gasteiger partial charge is 0.265 e. The number of hydrogen-bond acceptors (Lipinski definition) is 2. The number of aryl methyl sites for hydroxylation is 3. The Bertz CT molecular complexity index is 705. The monoisotopic (exact) mass is 345 g/mol. The van der Waals surface area contributed by atoms with E-state index in [9.17, 15) is 4.79 Å². The molecule has 0 fully saturated rings. The van der Waals surface area contributed by atoms with Crippen LogP contribution in [0.25, 0.3) is 0 Å². The number of hydrogen-bond donors (Lipinski definition) is 1. The summed E-state index contributed by atoms with van der Waals surface area (Å²) in [5, 5.41) is 3.72. The second-order valence-corrected chi connectivity index (χ2v) is 6.23. The van der Waals surface area contributed by atoms with E-state index in [1.807, 2.05) is 31.2 Å². The van der Waals surface area contributed by atoms with Gasteiger partial charge in [-0.2, -0.15) is 0 Å². The van der Waals surface area contributed by atoms with Gasteiger partial charge in [-0.1, -0.05) is 43.6 Å². The molecule has 1 atom stereocenters. The van der Waals surface area contributed by atoms with Gasteiger partial charge in [-0.05, 0) is 61.6 Å². The van der Waals surface area contributed by atoms with Crippen LogP contribution in [0.3, 0.4) is 0 Å². The average molecular weight is 346 g/mol. The highest BCUT2D eigenvalue weighted by molar-refractivity contribution is 6.31. The van der Waals surface area contributed by atoms with Crippen molar-refractivity contribution in [3.05, 3.63) is 58.1 Å². The first-order valence-electron chi connectivity index (χ1n) is 8.30. The van der Waals surface area contributed by atoms with Gasteiger partial charge in [-0.25, -0.2) is 0 Å². The lowest BCUT2D eigenvalue weighted by Crippen LogP contribution is -2.31. The summed E-state index contributed by atoms with van der Waals surface area (Å²) in [6.45, 7) is 7.83. The highest BCUT2D eigenvalue weighted by Crippen LogP contribution is 2.24. The molecular formula is C20H24ClNO2. The highest BCUT2D eigenvalue weighted by Gasteiger charge is 2.18. The number of amides is 1. The lowest BCUT2D eigenvalue weighted by Gasteiger charge is -2.18. The minimum atomic E-state index is -0.597. The zero-order valence-corrected chi connectivity index (χ0v) is 15.4. The summed E-state index contributed by atoms with van der Waals surface area (Å²) < 4.78 is 5.76. The third-order valence-electron chi connectivity index (χ3n) is 4.06. The van der Waals surface area contributed by atoms with E-state index in [4.69, 9.17) is 16.3 Å². The molecule has 0 unspecified atom stereocenters. The molecule has 2 aromatic rings. The predicted molar refractivity (Wildman–Crippen MR) is 100 cm³/mol. The van der Waals surface area contributed by atoms with E-state index in [1.165, 1.54) is 0 Å². The highest BCUT2D eigenvalue weighted by atomic mass is 35.5. The van der Waals surface area contributed by atoms with Crippen molar-refractivity contribution < 1.29 is 9.53 Å². The Balaban J connectivity index is 2.13. The first kappa shape index (κ1) is 18.3. The van der Waals surface area contributed by atoms with E-state index in [-0.39, 0.29) is 5.91 Å². The first-order valence-corrected chi connectivity index (χ1v) is 8.68. The maximum atomic E-state index is 12.5. The molecule has 0 heterocycles. The summed E-state index contributed by atoms with van der Waals surface area (Å²) in [4.78, 5) is 12.5. The summed E-state index contributed by atoms with van der Waals surface area (Å²) >= 11 is 6.02. The Morgan fingerprint density at radius 1 is 1.17 bits per heavy atom. The third kappa shape index (κ3) is 4.30. The van der Waals surface area contributed by atoms with Crippen LogP contribution >= 0.6 is 11.6 Å². The Morgan fingerprint density at radius 2 is 1.79 bits per heavy atom. The number of ether oxygens (including phenoxy) is 1. The van der Waals surface area contributed by atoms with E-state index in [2.05, 4.69) is 19.2 Å². The molecule has 24 heavy (non-hydrogen) atoms. The van der Waals surface area contributed by atoms with Crippen molar-refractivity contribution in [3.8, 4) is 5.75 Å². The summed E-state index contributed by atoms with van der Waals surface area (Å²) in [5.41, 5.74) is 4.11. The van der Waals surface area contributed by atoms with Crippen molar-refractivity contribution in [1.29, 1.82) is 0 Å². The van der Waals surface area contributed by atoms with Crippen LogP contribution in [0.5, 0.6) is 5.75 Å². The molecule has 4 heteroatoms. The molecule has 128 valence electrons. The maximum absolute atomic E-state index is 12.5. The summed E-state index contributed by atoms with van der Waals surface area (Å²) in [5.74, 6) is 0.484. The van der Waals surface area contributed by atoms with Crippen LogP contribution < -0.4 is 10.1 Å². The van der Waals surface area contributed by atoms with Gasteiger partial charge >= 0.3 is 0 Å². The minimum absolute atomic E-state index is 0.154. The molecule has 0 spiro atoms. The fraction of sp³-hybridized carbons (Fsp3) is 0.350. The van der Waals surface area contributed by atoms with Gasteiger partial charge in [0.25, 0.3) is 5.91 Å². The lowest BCUT2D eigenvalue weighted by atomic mass is 10.0. The SMILES string of the molecule is CCc1cccc(CC)c1NC(=O)[C@H](C)Oc1ccc(Cl)c(C)c1. The predicted octanol–water partition coefficient (Wildman–Crippen LogP) is 5.18. The Kier molecular flexibility index (Phi) is 6.27. The molecule has 2 rings (SSSR count). The topological polar surface area (TPSA) is 38.3 Å². The van der Waals surface area contributed by atoms with Crippen LogP contribution in [0.2, 0.25) is 5.02 Å². The standard InChI is InChI=1S/C20H24ClNO2/c1-5-15-8-7-9-16(6-2)19(15)22-20(23)14(4)24-17-10-11-18(21)13(3)12-17/h7-12,14H,5-6H2,1-4H3,(H,22,23)/t14-/m0/s1. The van der Waals surface area contributed by atoms with Gasteiger partial charge in [-0.3, -0.25) is 4.79 Å². The Labute approximate surface area is 149 Å². The second-order valence-electron chi connectivity index (χ2n) is 5.82. The van der Waals surface area contributed by atoms with Gasteiger partial charge in [0.15, 0.2) is 6.10 Å². The molecule has 2 aromatic carbocycles. The normalized spacial score (nSPS) is 11.9. The van der Waals surface area contributed by atoms with Crippen molar-refractivity contribution in [1.82, 2.24) is 0 Å². The van der Waals surface area contributed by atoms with E-state index < -0.39 is 6.10 Å². The van der Waals surface area contributed by atoms with Gasteiger partial charge in [0.05, 0.1) is 0 Å². The molecule has 0 bridgehead atoms. The number of rotatable bonds is 6. The quantitative estimate of drug-likeness (QED) is 0.783. The lowest BCUT2D eigenvalue weighted by molar-refractivity contribution is -0.122. The molecule has 0 radical (unpaired) electrons. The molecule has 1 amide bonds. The van der Waals surface area contributed by atoms with Crippen LogP contribution in [0.1, 0.15) is 37.5 Å². The fourth-order valence-corrected chi connectivity index (χ4v) is 2.69. The minimum Gasteiger partial charge on any atom is -0.481 e. The zero-order valence-electron chi connectivity index (χ0n) is 14.7. The molecule has 0 saturated carbocycles. The average Bonchev–Trinajstić information content (AvgIpc) is 2.58. The van der Waals surface area contributed by atoms with Gasteiger partial charge in [0.2, 0.25) is 0 Å². The molecule has 0 aliphatic heterocycles. The van der Waals surface area contributed by atoms with Gasteiger partial charge in [-0.15, -0.1) is 0 Å². The number of anilines is 1. The molecule has 0 saturated heterocycles. The van der Waals surface area contributed by atoms with E-state index in [0.717, 1.165) is 35.2 Å². The number of para-hydroxylation sites is 1.